The Balaban J connectivity index is 2.51. The molecule has 0 saturated carbocycles. The van der Waals surface area contributed by atoms with Crippen LogP contribution in [-0.2, 0) is 6.18 Å². The lowest BCUT2D eigenvalue weighted by atomic mass is 10.3. The lowest BCUT2D eigenvalue weighted by Gasteiger charge is -2.07. The van der Waals surface area contributed by atoms with Crippen molar-refractivity contribution in [3.63, 3.8) is 0 Å². The predicted molar refractivity (Wildman–Crippen MR) is 61.3 cm³/mol. The fraction of sp³-hybridized carbons (Fsp3) is 0.100. The molecular formula is C10H5BrClF3N2. The van der Waals surface area contributed by atoms with Gasteiger partial charge in [0.15, 0.2) is 5.69 Å². The summed E-state index contributed by atoms with van der Waals surface area (Å²) in [7, 11) is 0. The molecule has 0 saturated heterocycles. The summed E-state index contributed by atoms with van der Waals surface area (Å²) in [6.07, 6.45) is -3.24. The fourth-order valence-electron chi connectivity index (χ4n) is 1.31. The standard InChI is InChI=1S/C10H5BrClF3N2/c11-6-2-1-3-7(12)9(6)17-5-4-8(16-17)10(13,14)15/h1-5H. The molecule has 17 heavy (non-hydrogen) atoms. The van der Waals surface area contributed by atoms with Crippen molar-refractivity contribution < 1.29 is 13.2 Å². The van der Waals surface area contributed by atoms with Crippen LogP contribution in [0.1, 0.15) is 5.69 Å². The van der Waals surface area contributed by atoms with E-state index in [1.54, 1.807) is 18.2 Å². The molecule has 0 aliphatic carbocycles. The van der Waals surface area contributed by atoms with Gasteiger partial charge < -0.3 is 0 Å². The second kappa shape index (κ2) is 4.34. The molecule has 2 rings (SSSR count). The van der Waals surface area contributed by atoms with E-state index in [0.717, 1.165) is 10.7 Å². The third-order valence-electron chi connectivity index (χ3n) is 2.05. The highest BCUT2D eigenvalue weighted by atomic mass is 79.9. The number of alkyl halides is 3. The van der Waals surface area contributed by atoms with E-state index >= 15 is 0 Å². The van der Waals surface area contributed by atoms with Crippen molar-refractivity contribution in [2.75, 3.05) is 0 Å². The van der Waals surface area contributed by atoms with E-state index < -0.39 is 11.9 Å². The van der Waals surface area contributed by atoms with Crippen molar-refractivity contribution in [1.29, 1.82) is 0 Å². The van der Waals surface area contributed by atoms with Gasteiger partial charge in [-0.25, -0.2) is 4.68 Å². The number of para-hydroxylation sites is 1. The van der Waals surface area contributed by atoms with E-state index in [1.807, 2.05) is 0 Å². The largest absolute Gasteiger partial charge is 0.435 e. The average molecular weight is 326 g/mol. The monoisotopic (exact) mass is 324 g/mol. The van der Waals surface area contributed by atoms with Crippen LogP contribution in [0.3, 0.4) is 0 Å². The molecule has 2 nitrogen and oxygen atoms in total. The molecule has 1 aromatic carbocycles. The Labute approximate surface area is 108 Å². The van der Waals surface area contributed by atoms with E-state index in [-0.39, 0.29) is 0 Å². The third-order valence-corrected chi connectivity index (χ3v) is 2.99. The second-order valence-electron chi connectivity index (χ2n) is 3.21. The molecule has 0 unspecified atom stereocenters. The van der Waals surface area contributed by atoms with Crippen LogP contribution < -0.4 is 0 Å². The highest BCUT2D eigenvalue weighted by molar-refractivity contribution is 9.10. The highest BCUT2D eigenvalue weighted by Gasteiger charge is 2.33. The number of nitrogens with zero attached hydrogens (tertiary/aromatic N) is 2. The second-order valence-corrected chi connectivity index (χ2v) is 4.48. The molecule has 1 heterocycles. The quantitative estimate of drug-likeness (QED) is 0.764. The highest BCUT2D eigenvalue weighted by Crippen LogP contribution is 2.31. The molecule has 0 amide bonds. The minimum absolute atomic E-state index is 0.316. The zero-order chi connectivity index (χ0) is 12.6. The van der Waals surface area contributed by atoms with Gasteiger partial charge in [0.25, 0.3) is 0 Å². The molecule has 1 aromatic heterocycles. The Morgan fingerprint density at radius 1 is 1.24 bits per heavy atom. The van der Waals surface area contributed by atoms with Crippen LogP contribution in [0.15, 0.2) is 34.9 Å². The summed E-state index contributed by atoms with van der Waals surface area (Å²) in [5.74, 6) is 0. The van der Waals surface area contributed by atoms with Crippen LogP contribution in [0, 0.1) is 0 Å². The minimum atomic E-state index is -4.46. The Kier molecular flexibility index (Phi) is 3.18. The van der Waals surface area contributed by atoms with Crippen molar-refractivity contribution in [2.45, 2.75) is 6.18 Å². The predicted octanol–water partition coefficient (Wildman–Crippen LogP) is 4.31. The molecule has 0 spiro atoms. The van der Waals surface area contributed by atoms with Gasteiger partial charge in [-0.2, -0.15) is 18.3 Å². The SMILES string of the molecule is FC(F)(F)c1ccn(-c2c(Cl)cccc2Br)n1. The molecule has 0 N–H and O–H groups in total. The summed E-state index contributed by atoms with van der Waals surface area (Å²) >= 11 is 9.13. The number of halogens is 5. The van der Waals surface area contributed by atoms with E-state index in [2.05, 4.69) is 21.0 Å². The Hall–Kier alpha value is -1.01. The molecule has 2 aromatic rings. The first-order valence-electron chi connectivity index (χ1n) is 4.47. The van der Waals surface area contributed by atoms with E-state index in [1.165, 1.54) is 6.20 Å². The van der Waals surface area contributed by atoms with Crippen LogP contribution in [0.2, 0.25) is 5.02 Å². The molecule has 0 aliphatic heterocycles. The van der Waals surface area contributed by atoms with E-state index in [0.29, 0.717) is 15.2 Å². The topological polar surface area (TPSA) is 17.8 Å². The number of hydrogen-bond acceptors (Lipinski definition) is 1. The van der Waals surface area contributed by atoms with E-state index in [9.17, 15) is 13.2 Å². The first-order chi connectivity index (χ1) is 7.89. The fourth-order valence-corrected chi connectivity index (χ4v) is 2.23. The van der Waals surface area contributed by atoms with E-state index in [4.69, 9.17) is 11.6 Å². The van der Waals surface area contributed by atoms with Crippen molar-refractivity contribution in [3.05, 3.63) is 45.7 Å². The zero-order valence-corrected chi connectivity index (χ0v) is 10.5. The maximum atomic E-state index is 12.4. The van der Waals surface area contributed by atoms with Gasteiger partial charge in [0, 0.05) is 10.7 Å². The van der Waals surface area contributed by atoms with Gasteiger partial charge in [0.2, 0.25) is 0 Å². The van der Waals surface area contributed by atoms with Gasteiger partial charge in [-0.05, 0) is 34.1 Å². The number of rotatable bonds is 1. The van der Waals surface area contributed by atoms with Gasteiger partial charge >= 0.3 is 6.18 Å². The lowest BCUT2D eigenvalue weighted by Crippen LogP contribution is -2.07. The Morgan fingerprint density at radius 2 is 1.94 bits per heavy atom. The average Bonchev–Trinajstić information content (AvgIpc) is 2.65. The van der Waals surface area contributed by atoms with Crippen molar-refractivity contribution >= 4 is 27.5 Å². The summed E-state index contributed by atoms with van der Waals surface area (Å²) in [4.78, 5) is 0. The van der Waals surface area contributed by atoms with Gasteiger partial charge in [0.1, 0.15) is 0 Å². The summed E-state index contributed by atoms with van der Waals surface area (Å²) < 4.78 is 38.9. The number of benzene rings is 1. The van der Waals surface area contributed by atoms with Gasteiger partial charge in [0.05, 0.1) is 10.7 Å². The molecular weight excluding hydrogens is 320 g/mol. The molecule has 0 radical (unpaired) electrons. The summed E-state index contributed by atoms with van der Waals surface area (Å²) in [6.45, 7) is 0. The van der Waals surface area contributed by atoms with Crippen LogP contribution in [0.4, 0.5) is 13.2 Å². The van der Waals surface area contributed by atoms with Gasteiger partial charge in [-0.15, -0.1) is 0 Å². The van der Waals surface area contributed by atoms with Crippen LogP contribution in [-0.4, -0.2) is 9.78 Å². The summed E-state index contributed by atoms with van der Waals surface area (Å²) in [5, 5.41) is 3.77. The number of hydrogen-bond donors (Lipinski definition) is 0. The molecule has 0 bridgehead atoms. The minimum Gasteiger partial charge on any atom is -0.238 e. The maximum Gasteiger partial charge on any atom is 0.435 e. The maximum absolute atomic E-state index is 12.4. The van der Waals surface area contributed by atoms with Crippen molar-refractivity contribution in [3.8, 4) is 5.69 Å². The van der Waals surface area contributed by atoms with Crippen molar-refractivity contribution in [1.82, 2.24) is 9.78 Å². The lowest BCUT2D eigenvalue weighted by molar-refractivity contribution is -0.141. The molecule has 0 fully saturated rings. The van der Waals surface area contributed by atoms with Crippen LogP contribution in [0.5, 0.6) is 0 Å². The zero-order valence-electron chi connectivity index (χ0n) is 8.17. The third kappa shape index (κ3) is 2.47. The van der Waals surface area contributed by atoms with Gasteiger partial charge in [-0.3, -0.25) is 0 Å². The normalized spacial score (nSPS) is 11.8. The Morgan fingerprint density at radius 3 is 2.47 bits per heavy atom. The molecule has 0 atom stereocenters. The summed E-state index contributed by atoms with van der Waals surface area (Å²) in [5.41, 5.74) is -0.575. The Bertz CT molecular complexity index is 530. The smallest absolute Gasteiger partial charge is 0.238 e. The molecule has 90 valence electrons. The first-order valence-corrected chi connectivity index (χ1v) is 5.64. The summed E-state index contributed by atoms with van der Waals surface area (Å²) in [6, 6.07) is 5.84. The molecule has 0 aliphatic rings. The van der Waals surface area contributed by atoms with Gasteiger partial charge in [-0.1, -0.05) is 17.7 Å². The molecule has 7 heteroatoms. The van der Waals surface area contributed by atoms with Crippen LogP contribution >= 0.6 is 27.5 Å². The first kappa shape index (κ1) is 12.4. The van der Waals surface area contributed by atoms with Crippen LogP contribution in [0.25, 0.3) is 5.69 Å². The number of aromatic nitrogens is 2. The van der Waals surface area contributed by atoms with Crippen molar-refractivity contribution in [2.24, 2.45) is 0 Å².